The van der Waals surface area contributed by atoms with Crippen molar-refractivity contribution in [3.05, 3.63) is 81.2 Å². The molecule has 1 atom stereocenters. The Morgan fingerprint density at radius 3 is 2.53 bits per heavy atom. The standard InChI is InChI=1S/C24H24N2O4/c1-16-7-8-19-18(15-16)22(27)20-21(17-5-3-2-4-6-17)26(24(28)23(20)30-19)10-9-25-11-13-29-14-12-25/h2-8,15,21H,9-14H2,1H3/t21-/m1/s1. The lowest BCUT2D eigenvalue weighted by Gasteiger charge is -2.31. The molecule has 1 saturated heterocycles. The molecule has 0 radical (unpaired) electrons. The molecule has 6 nitrogen and oxygen atoms in total. The minimum atomic E-state index is -0.434. The van der Waals surface area contributed by atoms with E-state index in [4.69, 9.17) is 9.15 Å². The fourth-order valence-corrected chi connectivity index (χ4v) is 4.42. The lowest BCUT2D eigenvalue weighted by molar-refractivity contribution is 0.0314. The molecule has 0 aliphatic carbocycles. The van der Waals surface area contributed by atoms with Crippen LogP contribution in [0.15, 0.2) is 57.7 Å². The molecule has 2 aromatic carbocycles. The second-order valence-electron chi connectivity index (χ2n) is 7.94. The summed E-state index contributed by atoms with van der Waals surface area (Å²) in [5.41, 5.74) is 2.70. The summed E-state index contributed by atoms with van der Waals surface area (Å²) in [5.74, 6) is -0.0427. The second-order valence-corrected chi connectivity index (χ2v) is 7.94. The van der Waals surface area contributed by atoms with Crippen molar-refractivity contribution in [1.82, 2.24) is 9.80 Å². The van der Waals surface area contributed by atoms with Crippen LogP contribution in [0.2, 0.25) is 0 Å². The number of aryl methyl sites for hydroxylation is 1. The van der Waals surface area contributed by atoms with Crippen LogP contribution >= 0.6 is 0 Å². The molecular weight excluding hydrogens is 380 g/mol. The number of morpholine rings is 1. The van der Waals surface area contributed by atoms with Crippen molar-refractivity contribution in [3.63, 3.8) is 0 Å². The molecule has 0 unspecified atom stereocenters. The van der Waals surface area contributed by atoms with E-state index in [0.29, 0.717) is 36.3 Å². The van der Waals surface area contributed by atoms with Crippen LogP contribution in [-0.4, -0.2) is 55.1 Å². The van der Waals surface area contributed by atoms with Gasteiger partial charge >= 0.3 is 0 Å². The fraction of sp³-hybridized carbons (Fsp3) is 0.333. The summed E-state index contributed by atoms with van der Waals surface area (Å²) in [5, 5.41) is 0.525. The number of rotatable bonds is 4. The fourth-order valence-electron chi connectivity index (χ4n) is 4.42. The van der Waals surface area contributed by atoms with Crippen LogP contribution in [0.25, 0.3) is 11.0 Å². The van der Waals surface area contributed by atoms with Crippen LogP contribution in [0.1, 0.15) is 33.3 Å². The molecule has 3 heterocycles. The van der Waals surface area contributed by atoms with Gasteiger partial charge in [0.25, 0.3) is 5.91 Å². The normalized spacial score (nSPS) is 19.4. The van der Waals surface area contributed by atoms with E-state index < -0.39 is 6.04 Å². The van der Waals surface area contributed by atoms with E-state index in [1.54, 1.807) is 11.0 Å². The Hall–Kier alpha value is -2.96. The topological polar surface area (TPSA) is 63.0 Å². The molecule has 1 amide bonds. The summed E-state index contributed by atoms with van der Waals surface area (Å²) in [7, 11) is 0. The molecule has 5 rings (SSSR count). The van der Waals surface area contributed by atoms with Gasteiger partial charge in [-0.05, 0) is 24.6 Å². The quantitative estimate of drug-likeness (QED) is 0.669. The lowest BCUT2D eigenvalue weighted by Crippen LogP contribution is -2.42. The number of hydrogen-bond donors (Lipinski definition) is 0. The smallest absolute Gasteiger partial charge is 0.290 e. The molecule has 6 heteroatoms. The van der Waals surface area contributed by atoms with E-state index in [0.717, 1.165) is 30.8 Å². The van der Waals surface area contributed by atoms with Crippen molar-refractivity contribution in [2.75, 3.05) is 39.4 Å². The summed E-state index contributed by atoms with van der Waals surface area (Å²) in [4.78, 5) is 30.9. The molecule has 0 N–H and O–H groups in total. The van der Waals surface area contributed by atoms with Gasteiger partial charge in [-0.15, -0.1) is 0 Å². The summed E-state index contributed by atoms with van der Waals surface area (Å²) in [6, 6.07) is 14.8. The minimum absolute atomic E-state index is 0.119. The molecule has 3 aromatic rings. The minimum Gasteiger partial charge on any atom is -0.450 e. The highest BCUT2D eigenvalue weighted by Gasteiger charge is 2.42. The highest BCUT2D eigenvalue weighted by atomic mass is 16.5. The largest absolute Gasteiger partial charge is 0.450 e. The average Bonchev–Trinajstić information content (AvgIpc) is 3.06. The average molecular weight is 404 g/mol. The Bertz CT molecular complexity index is 1150. The molecule has 1 aromatic heterocycles. The molecule has 0 saturated carbocycles. The van der Waals surface area contributed by atoms with Crippen molar-refractivity contribution in [2.24, 2.45) is 0 Å². The van der Waals surface area contributed by atoms with Gasteiger partial charge in [0.2, 0.25) is 5.76 Å². The number of benzene rings is 2. The van der Waals surface area contributed by atoms with Crippen molar-refractivity contribution in [2.45, 2.75) is 13.0 Å². The Labute approximate surface area is 174 Å². The molecule has 1 fully saturated rings. The van der Waals surface area contributed by atoms with Gasteiger partial charge in [-0.3, -0.25) is 14.5 Å². The van der Waals surface area contributed by atoms with Crippen molar-refractivity contribution in [3.8, 4) is 0 Å². The summed E-state index contributed by atoms with van der Waals surface area (Å²) in [6.45, 7) is 6.33. The first kappa shape index (κ1) is 19.0. The van der Waals surface area contributed by atoms with Crippen molar-refractivity contribution in [1.29, 1.82) is 0 Å². The Kier molecular flexibility index (Phi) is 4.89. The van der Waals surface area contributed by atoms with Gasteiger partial charge in [-0.25, -0.2) is 0 Å². The monoisotopic (exact) mass is 404 g/mol. The van der Waals surface area contributed by atoms with Gasteiger partial charge in [-0.2, -0.15) is 0 Å². The zero-order chi connectivity index (χ0) is 20.7. The van der Waals surface area contributed by atoms with E-state index in [1.165, 1.54) is 0 Å². The molecule has 2 aliphatic heterocycles. The maximum absolute atomic E-state index is 13.5. The third-order valence-electron chi connectivity index (χ3n) is 6.00. The second kappa shape index (κ2) is 7.70. The van der Waals surface area contributed by atoms with E-state index in [-0.39, 0.29) is 17.1 Å². The zero-order valence-electron chi connectivity index (χ0n) is 17.0. The van der Waals surface area contributed by atoms with Gasteiger partial charge in [0.15, 0.2) is 5.43 Å². The Morgan fingerprint density at radius 2 is 1.77 bits per heavy atom. The number of amides is 1. The van der Waals surface area contributed by atoms with E-state index >= 15 is 0 Å². The van der Waals surface area contributed by atoms with Crippen LogP contribution in [0.3, 0.4) is 0 Å². The number of carbonyl (C=O) groups is 1. The van der Waals surface area contributed by atoms with Gasteiger partial charge < -0.3 is 14.1 Å². The van der Waals surface area contributed by atoms with Crippen LogP contribution in [0.5, 0.6) is 0 Å². The first-order chi connectivity index (χ1) is 14.6. The summed E-state index contributed by atoms with van der Waals surface area (Å²) >= 11 is 0. The van der Waals surface area contributed by atoms with Crippen LogP contribution in [0, 0.1) is 6.92 Å². The van der Waals surface area contributed by atoms with Gasteiger partial charge in [0, 0.05) is 26.2 Å². The van der Waals surface area contributed by atoms with Crippen LogP contribution in [0.4, 0.5) is 0 Å². The number of fused-ring (bicyclic) bond motifs is 2. The van der Waals surface area contributed by atoms with E-state index in [2.05, 4.69) is 4.90 Å². The van der Waals surface area contributed by atoms with Crippen molar-refractivity contribution >= 4 is 16.9 Å². The highest BCUT2D eigenvalue weighted by molar-refractivity contribution is 5.99. The number of hydrogen-bond acceptors (Lipinski definition) is 5. The van der Waals surface area contributed by atoms with Crippen molar-refractivity contribution < 1.29 is 13.9 Å². The molecule has 2 aliphatic rings. The Morgan fingerprint density at radius 1 is 1.00 bits per heavy atom. The zero-order valence-corrected chi connectivity index (χ0v) is 17.0. The third kappa shape index (κ3) is 3.22. The molecule has 0 spiro atoms. The van der Waals surface area contributed by atoms with Crippen LogP contribution < -0.4 is 5.43 Å². The first-order valence-electron chi connectivity index (χ1n) is 10.4. The predicted molar refractivity (Wildman–Crippen MR) is 114 cm³/mol. The number of nitrogens with zero attached hydrogens (tertiary/aromatic N) is 2. The van der Waals surface area contributed by atoms with Crippen LogP contribution in [-0.2, 0) is 4.74 Å². The van der Waals surface area contributed by atoms with Gasteiger partial charge in [0.1, 0.15) is 5.58 Å². The predicted octanol–water partition coefficient (Wildman–Crippen LogP) is 2.98. The molecule has 30 heavy (non-hydrogen) atoms. The molecule has 154 valence electrons. The number of carbonyl (C=O) groups excluding carboxylic acids is 1. The maximum Gasteiger partial charge on any atom is 0.290 e. The maximum atomic E-state index is 13.5. The number of ether oxygens (including phenoxy) is 1. The summed E-state index contributed by atoms with van der Waals surface area (Å²) < 4.78 is 11.4. The van der Waals surface area contributed by atoms with E-state index in [9.17, 15) is 9.59 Å². The third-order valence-corrected chi connectivity index (χ3v) is 6.00. The Balaban J connectivity index is 1.60. The molecule has 0 bridgehead atoms. The van der Waals surface area contributed by atoms with Gasteiger partial charge in [-0.1, -0.05) is 42.0 Å². The lowest BCUT2D eigenvalue weighted by atomic mass is 9.98. The summed E-state index contributed by atoms with van der Waals surface area (Å²) in [6.07, 6.45) is 0. The highest BCUT2D eigenvalue weighted by Crippen LogP contribution is 2.37. The molecular formula is C24H24N2O4. The first-order valence-corrected chi connectivity index (χ1v) is 10.4. The van der Waals surface area contributed by atoms with E-state index in [1.807, 2.05) is 49.4 Å². The van der Waals surface area contributed by atoms with Gasteiger partial charge in [0.05, 0.1) is 30.2 Å². The SMILES string of the molecule is Cc1ccc2oc3c(c(=O)c2c1)[C@@H](c1ccccc1)N(CCN1CCOCC1)C3=O.